The lowest BCUT2D eigenvalue weighted by molar-refractivity contribution is 1.13. The molecule has 0 bridgehead atoms. The molecule has 0 aliphatic heterocycles. The van der Waals surface area contributed by atoms with Gasteiger partial charge in [-0.25, -0.2) is 0 Å². The lowest BCUT2D eigenvalue weighted by Gasteiger charge is -2.22. The van der Waals surface area contributed by atoms with E-state index in [1.807, 2.05) is 0 Å². The second-order valence-corrected chi connectivity index (χ2v) is 4.91. The molecule has 0 saturated carbocycles. The molecule has 0 spiro atoms. The van der Waals surface area contributed by atoms with E-state index in [0.29, 0.717) is 0 Å². The summed E-state index contributed by atoms with van der Waals surface area (Å²) in [5, 5.41) is 0. The van der Waals surface area contributed by atoms with Crippen LogP contribution in [0.3, 0.4) is 0 Å². The molecule has 0 N–H and O–H groups in total. The summed E-state index contributed by atoms with van der Waals surface area (Å²) < 4.78 is 0. The Morgan fingerprint density at radius 2 is 1.72 bits per heavy atom. The van der Waals surface area contributed by atoms with Gasteiger partial charge in [-0.05, 0) is 42.7 Å². The van der Waals surface area contributed by atoms with Crippen molar-refractivity contribution in [3.05, 3.63) is 65.2 Å². The number of nitrogens with zero attached hydrogens (tertiary/aromatic N) is 1. The predicted octanol–water partition coefficient (Wildman–Crippen LogP) is 4.41. The highest BCUT2D eigenvalue weighted by Crippen LogP contribution is 2.35. The number of fused-ring (bicyclic) bond motifs is 1. The molecule has 0 aromatic heterocycles. The van der Waals surface area contributed by atoms with Crippen LogP contribution in [-0.2, 0) is 6.42 Å². The first-order valence-corrected chi connectivity index (χ1v) is 6.33. The molecule has 0 unspecified atom stereocenters. The van der Waals surface area contributed by atoms with E-state index in [9.17, 15) is 0 Å². The van der Waals surface area contributed by atoms with E-state index >= 15 is 0 Å². The maximum Gasteiger partial charge on any atom is 0.0449 e. The van der Waals surface area contributed by atoms with Gasteiger partial charge in [0.25, 0.3) is 0 Å². The van der Waals surface area contributed by atoms with Crippen LogP contribution in [0.25, 0.3) is 6.08 Å². The molecule has 0 amide bonds. The standard InChI is InChI=1S/C17H17N/c1-13-11-14-7-6-10-17(16(14)12-13)18(2)15-8-4-3-5-9-15/h3-11H,12H2,1-2H3. The number of hydrogen-bond acceptors (Lipinski definition) is 1. The van der Waals surface area contributed by atoms with Crippen molar-refractivity contribution in [2.24, 2.45) is 0 Å². The minimum absolute atomic E-state index is 1.07. The fourth-order valence-electron chi connectivity index (χ4n) is 2.62. The van der Waals surface area contributed by atoms with Crippen molar-refractivity contribution in [2.45, 2.75) is 13.3 Å². The summed E-state index contributed by atoms with van der Waals surface area (Å²) >= 11 is 0. The van der Waals surface area contributed by atoms with Crippen molar-refractivity contribution in [3.8, 4) is 0 Å². The van der Waals surface area contributed by atoms with Crippen LogP contribution in [0.1, 0.15) is 18.1 Å². The van der Waals surface area contributed by atoms with Crippen molar-refractivity contribution in [1.82, 2.24) is 0 Å². The Kier molecular flexibility index (Phi) is 2.67. The molecule has 2 aromatic rings. The average Bonchev–Trinajstić information content (AvgIpc) is 2.79. The van der Waals surface area contributed by atoms with E-state index in [4.69, 9.17) is 0 Å². The van der Waals surface area contributed by atoms with Crippen molar-refractivity contribution < 1.29 is 0 Å². The first-order valence-electron chi connectivity index (χ1n) is 6.33. The third kappa shape index (κ3) is 1.82. The third-order valence-corrected chi connectivity index (χ3v) is 3.55. The summed E-state index contributed by atoms with van der Waals surface area (Å²) in [6.45, 7) is 2.20. The average molecular weight is 235 g/mol. The van der Waals surface area contributed by atoms with Gasteiger partial charge < -0.3 is 4.90 Å². The van der Waals surface area contributed by atoms with Gasteiger partial charge in [0.15, 0.2) is 0 Å². The highest BCUT2D eigenvalue weighted by Gasteiger charge is 2.16. The Morgan fingerprint density at radius 1 is 0.944 bits per heavy atom. The summed E-state index contributed by atoms with van der Waals surface area (Å²) in [5.74, 6) is 0. The monoisotopic (exact) mass is 235 g/mol. The fraction of sp³-hybridized carbons (Fsp3) is 0.176. The number of anilines is 2. The van der Waals surface area contributed by atoms with Crippen LogP contribution in [0.5, 0.6) is 0 Å². The lowest BCUT2D eigenvalue weighted by atomic mass is 10.1. The number of allylic oxidation sites excluding steroid dienone is 1. The van der Waals surface area contributed by atoms with Crippen molar-refractivity contribution in [1.29, 1.82) is 0 Å². The molecule has 18 heavy (non-hydrogen) atoms. The quantitative estimate of drug-likeness (QED) is 0.745. The largest absolute Gasteiger partial charge is 0.344 e. The molecule has 1 aliphatic rings. The topological polar surface area (TPSA) is 3.24 Å². The van der Waals surface area contributed by atoms with E-state index in [1.165, 1.54) is 28.1 Å². The predicted molar refractivity (Wildman–Crippen MR) is 78.3 cm³/mol. The summed E-state index contributed by atoms with van der Waals surface area (Å²) in [4.78, 5) is 2.27. The molecule has 0 atom stereocenters. The molecular weight excluding hydrogens is 218 g/mol. The molecule has 0 radical (unpaired) electrons. The van der Waals surface area contributed by atoms with Crippen LogP contribution in [0.15, 0.2) is 54.1 Å². The zero-order chi connectivity index (χ0) is 12.5. The maximum atomic E-state index is 2.29. The van der Waals surface area contributed by atoms with Gasteiger partial charge in [-0.15, -0.1) is 0 Å². The molecule has 2 aromatic carbocycles. The molecule has 0 saturated heterocycles. The summed E-state index contributed by atoms with van der Waals surface area (Å²) in [6.07, 6.45) is 3.36. The van der Waals surface area contributed by atoms with Crippen molar-refractivity contribution in [3.63, 3.8) is 0 Å². The normalized spacial score (nSPS) is 13.1. The number of benzene rings is 2. The van der Waals surface area contributed by atoms with E-state index in [0.717, 1.165) is 6.42 Å². The van der Waals surface area contributed by atoms with Crippen LogP contribution in [0.2, 0.25) is 0 Å². The fourth-order valence-corrected chi connectivity index (χ4v) is 2.62. The van der Waals surface area contributed by atoms with Gasteiger partial charge in [-0.1, -0.05) is 42.0 Å². The van der Waals surface area contributed by atoms with Crippen molar-refractivity contribution in [2.75, 3.05) is 11.9 Å². The van der Waals surface area contributed by atoms with Crippen LogP contribution in [-0.4, -0.2) is 7.05 Å². The summed E-state index contributed by atoms with van der Waals surface area (Å²) in [6, 6.07) is 17.1. The van der Waals surface area contributed by atoms with Gasteiger partial charge >= 0.3 is 0 Å². The van der Waals surface area contributed by atoms with E-state index < -0.39 is 0 Å². The van der Waals surface area contributed by atoms with Crippen LogP contribution < -0.4 is 4.90 Å². The van der Waals surface area contributed by atoms with Gasteiger partial charge in [0.1, 0.15) is 0 Å². The molecule has 90 valence electrons. The SMILES string of the molecule is CC1=Cc2cccc(N(C)c3ccccc3)c2C1. The van der Waals surface area contributed by atoms with E-state index in [-0.39, 0.29) is 0 Å². The molecule has 1 aliphatic carbocycles. The smallest absolute Gasteiger partial charge is 0.0449 e. The molecule has 1 nitrogen and oxygen atoms in total. The van der Waals surface area contributed by atoms with Gasteiger partial charge in [0.05, 0.1) is 0 Å². The Bertz CT molecular complexity index is 596. The highest BCUT2D eigenvalue weighted by atomic mass is 15.1. The molecule has 0 fully saturated rings. The molecule has 3 rings (SSSR count). The van der Waals surface area contributed by atoms with Gasteiger partial charge in [0.2, 0.25) is 0 Å². The maximum absolute atomic E-state index is 2.29. The Hall–Kier alpha value is -2.02. The number of para-hydroxylation sites is 1. The van der Waals surface area contributed by atoms with Crippen LogP contribution >= 0.6 is 0 Å². The van der Waals surface area contributed by atoms with Crippen LogP contribution in [0, 0.1) is 0 Å². The molecule has 1 heteroatoms. The first-order chi connectivity index (χ1) is 8.75. The van der Waals surface area contributed by atoms with Crippen molar-refractivity contribution >= 4 is 17.5 Å². The zero-order valence-corrected chi connectivity index (χ0v) is 10.9. The van der Waals surface area contributed by atoms with E-state index in [2.05, 4.69) is 73.5 Å². The number of hydrogen-bond donors (Lipinski definition) is 0. The van der Waals surface area contributed by atoms with Gasteiger partial charge in [0, 0.05) is 18.4 Å². The van der Waals surface area contributed by atoms with Gasteiger partial charge in [-0.3, -0.25) is 0 Å². The van der Waals surface area contributed by atoms with Gasteiger partial charge in [-0.2, -0.15) is 0 Å². The second kappa shape index (κ2) is 4.34. The zero-order valence-electron chi connectivity index (χ0n) is 10.9. The summed E-state index contributed by atoms with van der Waals surface area (Å²) in [7, 11) is 2.14. The van der Waals surface area contributed by atoms with E-state index in [1.54, 1.807) is 0 Å². The Labute approximate surface area is 108 Å². The first kappa shape index (κ1) is 11.1. The number of rotatable bonds is 2. The summed E-state index contributed by atoms with van der Waals surface area (Å²) in [5.41, 5.74) is 6.80. The Balaban J connectivity index is 2.03. The third-order valence-electron chi connectivity index (χ3n) is 3.55. The lowest BCUT2D eigenvalue weighted by Crippen LogP contribution is -2.11. The van der Waals surface area contributed by atoms with Crippen LogP contribution in [0.4, 0.5) is 11.4 Å². The minimum atomic E-state index is 1.07. The Morgan fingerprint density at radius 3 is 2.50 bits per heavy atom. The molecule has 0 heterocycles. The second-order valence-electron chi connectivity index (χ2n) is 4.91. The molecular formula is C17H17N. The minimum Gasteiger partial charge on any atom is -0.344 e. The highest BCUT2D eigenvalue weighted by molar-refractivity contribution is 5.75.